The summed E-state index contributed by atoms with van der Waals surface area (Å²) in [5.41, 5.74) is 0. The average molecular weight is 333 g/mol. The van der Waals surface area contributed by atoms with Crippen LogP contribution in [0.25, 0.3) is 0 Å². The Bertz CT molecular complexity index is 265. The zero-order chi connectivity index (χ0) is 17.6. The summed E-state index contributed by atoms with van der Waals surface area (Å²) in [7, 11) is 0. The molecule has 0 spiro atoms. The van der Waals surface area contributed by atoms with Crippen LogP contribution < -0.4 is 0 Å². The van der Waals surface area contributed by atoms with Gasteiger partial charge in [-0.25, -0.2) is 0 Å². The SMILES string of the molecule is CCCCCCCC/C=C/C/C=C/C/C=C/CCCCCCCC. The maximum Gasteiger partial charge on any atom is -0.0169 e. The largest absolute Gasteiger partial charge is 0.0882 e. The van der Waals surface area contributed by atoms with Crippen molar-refractivity contribution in [3.8, 4) is 0 Å². The third-order valence-corrected chi connectivity index (χ3v) is 4.49. The molecule has 0 rings (SSSR count). The van der Waals surface area contributed by atoms with Crippen LogP contribution in [0.2, 0.25) is 0 Å². The Morgan fingerprint density at radius 2 is 0.708 bits per heavy atom. The van der Waals surface area contributed by atoms with E-state index in [2.05, 4.69) is 50.3 Å². The van der Waals surface area contributed by atoms with Gasteiger partial charge >= 0.3 is 0 Å². The molecule has 140 valence electrons. The van der Waals surface area contributed by atoms with Gasteiger partial charge in [-0.05, 0) is 38.5 Å². The molecule has 0 radical (unpaired) electrons. The average Bonchev–Trinajstić information content (AvgIpc) is 2.60. The maximum absolute atomic E-state index is 2.36. The quantitative estimate of drug-likeness (QED) is 0.173. The molecule has 0 saturated heterocycles. The molecule has 0 fully saturated rings. The van der Waals surface area contributed by atoms with Crippen LogP contribution in [0.1, 0.15) is 117 Å². The number of unbranched alkanes of at least 4 members (excludes halogenated alkanes) is 12. The molecule has 0 nitrogen and oxygen atoms in total. The van der Waals surface area contributed by atoms with Gasteiger partial charge in [0.05, 0.1) is 0 Å². The topological polar surface area (TPSA) is 0 Å². The summed E-state index contributed by atoms with van der Waals surface area (Å²) in [5.74, 6) is 0. The van der Waals surface area contributed by atoms with Gasteiger partial charge in [0.25, 0.3) is 0 Å². The smallest absolute Gasteiger partial charge is 0.0169 e. The van der Waals surface area contributed by atoms with Crippen molar-refractivity contribution in [2.45, 2.75) is 117 Å². The standard InChI is InChI=1S/C24H44/c1-3-5-7-9-11-13-15-17-19-21-23-24-22-20-18-16-14-12-10-8-6-4-2/h17-20,23-24H,3-16,21-22H2,1-2H3/b19-17+,20-18+,24-23+. The lowest BCUT2D eigenvalue weighted by Gasteiger charge is -1.97. The van der Waals surface area contributed by atoms with Gasteiger partial charge in [-0.3, -0.25) is 0 Å². The summed E-state index contributed by atoms with van der Waals surface area (Å²) in [5, 5.41) is 0. The van der Waals surface area contributed by atoms with Crippen molar-refractivity contribution in [1.29, 1.82) is 0 Å². The molecule has 0 saturated carbocycles. The van der Waals surface area contributed by atoms with Crippen molar-refractivity contribution in [2.75, 3.05) is 0 Å². The first-order chi connectivity index (χ1) is 11.9. The first kappa shape index (κ1) is 23.2. The van der Waals surface area contributed by atoms with Gasteiger partial charge in [-0.1, -0.05) is 115 Å². The van der Waals surface area contributed by atoms with Gasteiger partial charge < -0.3 is 0 Å². The molecule has 0 heteroatoms. The van der Waals surface area contributed by atoms with Gasteiger partial charge in [-0.15, -0.1) is 0 Å². The zero-order valence-corrected chi connectivity index (χ0v) is 16.8. The second kappa shape index (κ2) is 22.2. The molecule has 0 unspecified atom stereocenters. The third-order valence-electron chi connectivity index (χ3n) is 4.49. The Kier molecular flexibility index (Phi) is 21.5. The Morgan fingerprint density at radius 3 is 1.12 bits per heavy atom. The lowest BCUT2D eigenvalue weighted by molar-refractivity contribution is 0.611. The Hall–Kier alpha value is -0.780. The van der Waals surface area contributed by atoms with Crippen LogP contribution >= 0.6 is 0 Å². The van der Waals surface area contributed by atoms with Crippen molar-refractivity contribution in [2.24, 2.45) is 0 Å². The van der Waals surface area contributed by atoms with Crippen molar-refractivity contribution in [1.82, 2.24) is 0 Å². The maximum atomic E-state index is 2.36. The van der Waals surface area contributed by atoms with E-state index >= 15 is 0 Å². The van der Waals surface area contributed by atoms with E-state index in [-0.39, 0.29) is 0 Å². The van der Waals surface area contributed by atoms with Crippen LogP contribution in [0.3, 0.4) is 0 Å². The molecule has 0 heterocycles. The minimum Gasteiger partial charge on any atom is -0.0882 e. The van der Waals surface area contributed by atoms with Gasteiger partial charge in [0, 0.05) is 0 Å². The Balaban J connectivity index is 3.25. The summed E-state index contributed by atoms with van der Waals surface area (Å²) < 4.78 is 0. The van der Waals surface area contributed by atoms with Gasteiger partial charge in [-0.2, -0.15) is 0 Å². The number of rotatable bonds is 18. The van der Waals surface area contributed by atoms with Crippen molar-refractivity contribution < 1.29 is 0 Å². The third kappa shape index (κ3) is 21.2. The Morgan fingerprint density at radius 1 is 0.375 bits per heavy atom. The molecular formula is C24H44. The summed E-state index contributed by atoms with van der Waals surface area (Å²) in [4.78, 5) is 0. The first-order valence-corrected chi connectivity index (χ1v) is 10.9. The summed E-state index contributed by atoms with van der Waals surface area (Å²) in [6.07, 6.45) is 35.4. The lowest BCUT2D eigenvalue weighted by atomic mass is 10.1. The molecule has 0 aromatic heterocycles. The molecule has 0 aliphatic heterocycles. The van der Waals surface area contributed by atoms with Crippen LogP contribution in [-0.2, 0) is 0 Å². The predicted molar refractivity (Wildman–Crippen MR) is 113 cm³/mol. The van der Waals surface area contributed by atoms with Crippen LogP contribution in [0.15, 0.2) is 36.5 Å². The summed E-state index contributed by atoms with van der Waals surface area (Å²) in [6, 6.07) is 0. The monoisotopic (exact) mass is 332 g/mol. The van der Waals surface area contributed by atoms with Crippen LogP contribution in [0.4, 0.5) is 0 Å². The molecule has 0 bridgehead atoms. The van der Waals surface area contributed by atoms with E-state index in [9.17, 15) is 0 Å². The van der Waals surface area contributed by atoms with Crippen LogP contribution in [-0.4, -0.2) is 0 Å². The van der Waals surface area contributed by atoms with E-state index < -0.39 is 0 Å². The van der Waals surface area contributed by atoms with Gasteiger partial charge in [0.1, 0.15) is 0 Å². The second-order valence-electron chi connectivity index (χ2n) is 7.00. The van der Waals surface area contributed by atoms with Crippen molar-refractivity contribution in [3.63, 3.8) is 0 Å². The minimum absolute atomic E-state index is 1.10. The minimum atomic E-state index is 1.10. The van der Waals surface area contributed by atoms with E-state index in [0.29, 0.717) is 0 Å². The summed E-state index contributed by atoms with van der Waals surface area (Å²) >= 11 is 0. The fourth-order valence-corrected chi connectivity index (χ4v) is 2.86. The lowest BCUT2D eigenvalue weighted by Crippen LogP contribution is -1.77. The number of hydrogen-bond acceptors (Lipinski definition) is 0. The fourth-order valence-electron chi connectivity index (χ4n) is 2.86. The Labute approximate surface area is 153 Å². The van der Waals surface area contributed by atoms with Gasteiger partial charge in [0.15, 0.2) is 0 Å². The highest BCUT2D eigenvalue weighted by Gasteiger charge is 1.88. The zero-order valence-electron chi connectivity index (χ0n) is 16.8. The van der Waals surface area contributed by atoms with E-state index in [1.54, 1.807) is 0 Å². The van der Waals surface area contributed by atoms with Crippen molar-refractivity contribution >= 4 is 0 Å². The fraction of sp³-hybridized carbons (Fsp3) is 0.750. The molecular weight excluding hydrogens is 288 g/mol. The van der Waals surface area contributed by atoms with E-state index in [1.807, 2.05) is 0 Å². The van der Waals surface area contributed by atoms with Crippen LogP contribution in [0, 0.1) is 0 Å². The van der Waals surface area contributed by atoms with E-state index in [1.165, 1.54) is 89.9 Å². The molecule has 0 aromatic carbocycles. The molecule has 0 aliphatic carbocycles. The number of allylic oxidation sites excluding steroid dienone is 6. The number of hydrogen-bond donors (Lipinski definition) is 0. The molecule has 0 N–H and O–H groups in total. The predicted octanol–water partition coefficient (Wildman–Crippen LogP) is 8.94. The highest BCUT2D eigenvalue weighted by molar-refractivity contribution is 4.97. The molecule has 0 amide bonds. The van der Waals surface area contributed by atoms with Crippen molar-refractivity contribution in [3.05, 3.63) is 36.5 Å². The molecule has 0 aromatic rings. The second-order valence-corrected chi connectivity index (χ2v) is 7.00. The molecule has 24 heavy (non-hydrogen) atoms. The normalized spacial score (nSPS) is 12.2. The van der Waals surface area contributed by atoms with Gasteiger partial charge in [0.2, 0.25) is 0 Å². The van der Waals surface area contributed by atoms with E-state index in [4.69, 9.17) is 0 Å². The summed E-state index contributed by atoms with van der Waals surface area (Å²) in [6.45, 7) is 4.56. The molecule has 0 aliphatic rings. The highest BCUT2D eigenvalue weighted by atomic mass is 13.9. The highest BCUT2D eigenvalue weighted by Crippen LogP contribution is 2.08. The van der Waals surface area contributed by atoms with E-state index in [0.717, 1.165) is 12.8 Å². The molecule has 0 atom stereocenters. The van der Waals surface area contributed by atoms with Crippen LogP contribution in [0.5, 0.6) is 0 Å². The first-order valence-electron chi connectivity index (χ1n) is 10.9.